The van der Waals surface area contributed by atoms with Gasteiger partial charge in [-0.1, -0.05) is 6.07 Å². The van der Waals surface area contributed by atoms with E-state index in [9.17, 15) is 14.7 Å². The van der Waals surface area contributed by atoms with Crippen LogP contribution in [-0.4, -0.2) is 62.2 Å². The Kier molecular flexibility index (Phi) is 8.14. The predicted molar refractivity (Wildman–Crippen MR) is 168 cm³/mol. The van der Waals surface area contributed by atoms with Gasteiger partial charge in [0.1, 0.15) is 17.3 Å². The summed E-state index contributed by atoms with van der Waals surface area (Å²) in [5.41, 5.74) is 7.27. The van der Waals surface area contributed by atoms with Crippen LogP contribution in [0.2, 0.25) is 0 Å². The molecule has 1 amide bonds. The fourth-order valence-corrected chi connectivity index (χ4v) is 6.52. The largest absolute Gasteiger partial charge is 0.392 e. The van der Waals surface area contributed by atoms with E-state index < -0.39 is 0 Å². The zero-order valence-electron chi connectivity index (χ0n) is 25.1. The van der Waals surface area contributed by atoms with Gasteiger partial charge in [-0.3, -0.25) is 14.5 Å². The summed E-state index contributed by atoms with van der Waals surface area (Å²) in [4.78, 5) is 38.3. The van der Waals surface area contributed by atoms with Gasteiger partial charge in [0.15, 0.2) is 0 Å². The van der Waals surface area contributed by atoms with E-state index >= 15 is 0 Å². The van der Waals surface area contributed by atoms with Gasteiger partial charge in [-0.25, -0.2) is 9.97 Å². The lowest BCUT2D eigenvalue weighted by atomic mass is 9.93. The number of likely N-dealkylation sites (N-methyl/N-ethyl adjacent to an activating group) is 1. The van der Waals surface area contributed by atoms with Crippen LogP contribution in [0.1, 0.15) is 46.8 Å². The Morgan fingerprint density at radius 3 is 2.65 bits per heavy atom. The van der Waals surface area contributed by atoms with E-state index in [1.54, 1.807) is 36.5 Å². The maximum absolute atomic E-state index is 13.1. The van der Waals surface area contributed by atoms with Crippen LogP contribution in [0, 0.1) is 6.92 Å². The van der Waals surface area contributed by atoms with Crippen molar-refractivity contribution in [3.63, 3.8) is 0 Å². The lowest BCUT2D eigenvalue weighted by molar-refractivity contribution is -0.107. The van der Waals surface area contributed by atoms with Gasteiger partial charge in [0.25, 0.3) is 5.56 Å². The fourth-order valence-electron chi connectivity index (χ4n) is 6.52. The van der Waals surface area contributed by atoms with Crippen LogP contribution in [0.4, 0.5) is 17.3 Å². The van der Waals surface area contributed by atoms with E-state index in [1.807, 2.05) is 12.3 Å². The average molecular weight is 582 g/mol. The predicted octanol–water partition coefficient (Wildman–Crippen LogP) is 3.76. The third kappa shape index (κ3) is 5.72. The number of amides is 1. The van der Waals surface area contributed by atoms with E-state index in [2.05, 4.69) is 50.9 Å². The molecule has 0 spiro atoms. The first-order chi connectivity index (χ1) is 20.9. The number of anilines is 3. The minimum absolute atomic E-state index is 0.199. The summed E-state index contributed by atoms with van der Waals surface area (Å²) in [5.74, 6) is 1.48. The molecular formula is C33H39N7O3. The molecule has 4 aromatic rings. The molecule has 6 rings (SSSR count). The van der Waals surface area contributed by atoms with Crippen LogP contribution in [0.5, 0.6) is 0 Å². The first-order valence-corrected chi connectivity index (χ1v) is 15.0. The molecule has 0 radical (unpaired) electrons. The van der Waals surface area contributed by atoms with Crippen molar-refractivity contribution in [1.82, 2.24) is 24.0 Å². The van der Waals surface area contributed by atoms with Crippen LogP contribution >= 0.6 is 0 Å². The van der Waals surface area contributed by atoms with Crippen molar-refractivity contribution >= 4 is 23.7 Å². The number of fused-ring (bicyclic) bond motifs is 1. The molecule has 0 aromatic carbocycles. The second-order valence-corrected chi connectivity index (χ2v) is 11.8. The molecule has 1 saturated heterocycles. The van der Waals surface area contributed by atoms with E-state index in [0.29, 0.717) is 53.0 Å². The van der Waals surface area contributed by atoms with Crippen molar-refractivity contribution in [2.45, 2.75) is 51.7 Å². The summed E-state index contributed by atoms with van der Waals surface area (Å²) in [6.45, 7) is 4.92. The summed E-state index contributed by atoms with van der Waals surface area (Å²) >= 11 is 0. The number of likely N-dealkylation sites (tertiary alicyclic amines) is 1. The van der Waals surface area contributed by atoms with Gasteiger partial charge in [0.05, 0.1) is 6.61 Å². The van der Waals surface area contributed by atoms with Gasteiger partial charge in [-0.05, 0) is 80.6 Å². The van der Waals surface area contributed by atoms with E-state index in [-0.39, 0.29) is 12.2 Å². The van der Waals surface area contributed by atoms with Gasteiger partial charge >= 0.3 is 0 Å². The van der Waals surface area contributed by atoms with Crippen LogP contribution in [0.25, 0.3) is 11.1 Å². The number of nitrogens with zero attached hydrogens (tertiary/aromatic N) is 6. The normalized spacial score (nSPS) is 15.2. The molecule has 1 fully saturated rings. The SMILES string of the molecule is Cc1cc2c(n1CCN(C=O)c1nccc(-c3cc(Nc4ccc(C5CN(C)C5)cn4)c(=O)n(C)c3)c1CO)CCCC2. The Morgan fingerprint density at radius 1 is 1.12 bits per heavy atom. The van der Waals surface area contributed by atoms with Crippen molar-refractivity contribution < 1.29 is 9.90 Å². The first kappa shape index (κ1) is 28.8. The minimum Gasteiger partial charge on any atom is -0.392 e. The number of hydrogen-bond donors (Lipinski definition) is 2. The summed E-state index contributed by atoms with van der Waals surface area (Å²) in [5, 5.41) is 13.7. The van der Waals surface area contributed by atoms with Gasteiger partial charge in [-0.15, -0.1) is 0 Å². The minimum atomic E-state index is -0.314. The van der Waals surface area contributed by atoms with E-state index in [4.69, 9.17) is 0 Å². The van der Waals surface area contributed by atoms with Gasteiger partial charge in [-0.2, -0.15) is 0 Å². The number of hydrogen-bond acceptors (Lipinski definition) is 7. The molecule has 0 bridgehead atoms. The molecule has 224 valence electrons. The first-order valence-electron chi connectivity index (χ1n) is 15.0. The lowest BCUT2D eigenvalue weighted by Crippen LogP contribution is -2.41. The van der Waals surface area contributed by atoms with Crippen molar-refractivity contribution in [3.8, 4) is 11.1 Å². The highest BCUT2D eigenvalue weighted by atomic mass is 16.3. The highest BCUT2D eigenvalue weighted by molar-refractivity contribution is 5.81. The van der Waals surface area contributed by atoms with E-state index in [0.717, 1.165) is 32.3 Å². The molecule has 4 aromatic heterocycles. The maximum Gasteiger partial charge on any atom is 0.274 e. The van der Waals surface area contributed by atoms with Crippen molar-refractivity contribution in [3.05, 3.63) is 87.4 Å². The molecule has 10 nitrogen and oxygen atoms in total. The summed E-state index contributed by atoms with van der Waals surface area (Å²) < 4.78 is 3.82. The van der Waals surface area contributed by atoms with Crippen LogP contribution in [0.3, 0.4) is 0 Å². The Labute approximate surface area is 251 Å². The number of aryl methyl sites for hydroxylation is 3. The zero-order valence-corrected chi connectivity index (χ0v) is 25.1. The quantitative estimate of drug-likeness (QED) is 0.275. The van der Waals surface area contributed by atoms with E-state index in [1.165, 1.54) is 39.9 Å². The third-order valence-electron chi connectivity index (χ3n) is 8.85. The maximum atomic E-state index is 13.1. The second-order valence-electron chi connectivity index (χ2n) is 11.8. The van der Waals surface area contributed by atoms with Crippen molar-refractivity contribution in [2.24, 2.45) is 7.05 Å². The molecule has 5 heterocycles. The molecule has 2 N–H and O–H groups in total. The Balaban J connectivity index is 1.26. The lowest BCUT2D eigenvalue weighted by Gasteiger charge is -2.36. The number of pyridine rings is 3. The molecule has 0 unspecified atom stereocenters. The number of nitrogens with one attached hydrogen (secondary N) is 1. The summed E-state index contributed by atoms with van der Waals surface area (Å²) in [6, 6.07) is 9.78. The number of rotatable bonds is 10. The fraction of sp³-hybridized carbons (Fsp3) is 0.394. The number of aromatic nitrogens is 4. The standard InChI is InChI=1S/C33H39N7O3/c1-22-14-23-6-4-5-7-30(23)40(22)13-12-39(21-42)32-28(20-41)27(10-11-34-32)25-15-29(33(43)38(3)19-25)36-31-9-8-24(16-35-31)26-17-37(2)18-26/h8-11,14-16,19,21,26,41H,4-7,12-13,17-18,20H2,1-3H3,(H,35,36). The monoisotopic (exact) mass is 581 g/mol. The molecule has 2 aliphatic rings. The van der Waals surface area contributed by atoms with Crippen molar-refractivity contribution in [2.75, 3.05) is 36.9 Å². The molecule has 10 heteroatoms. The van der Waals surface area contributed by atoms with Crippen LogP contribution < -0.4 is 15.8 Å². The molecule has 1 aliphatic carbocycles. The van der Waals surface area contributed by atoms with Gasteiger partial charge < -0.3 is 24.5 Å². The molecule has 0 saturated carbocycles. The topological polar surface area (TPSA) is 109 Å². The van der Waals surface area contributed by atoms with Gasteiger partial charge in [0.2, 0.25) is 6.41 Å². The smallest absolute Gasteiger partial charge is 0.274 e. The Bertz CT molecular complexity index is 1690. The number of aliphatic hydroxyl groups excluding tert-OH is 1. The average Bonchev–Trinajstić information content (AvgIpc) is 3.33. The Hall–Kier alpha value is -4.28. The zero-order chi connectivity index (χ0) is 30.1. The summed E-state index contributed by atoms with van der Waals surface area (Å²) in [6.07, 6.45) is 10.6. The number of aliphatic hydroxyl groups is 1. The molecular weight excluding hydrogens is 542 g/mol. The van der Waals surface area contributed by atoms with Gasteiger partial charge in [0, 0.05) is 80.2 Å². The molecule has 0 atom stereocenters. The van der Waals surface area contributed by atoms with Crippen LogP contribution in [-0.2, 0) is 37.8 Å². The third-order valence-corrected chi connectivity index (χ3v) is 8.85. The highest BCUT2D eigenvalue weighted by Gasteiger charge is 2.25. The molecule has 1 aliphatic heterocycles. The number of carbonyl (C=O) groups excluding carboxylic acids is 1. The molecule has 43 heavy (non-hydrogen) atoms. The van der Waals surface area contributed by atoms with Crippen LogP contribution in [0.15, 0.2) is 53.7 Å². The highest BCUT2D eigenvalue weighted by Crippen LogP contribution is 2.32. The number of carbonyl (C=O) groups is 1. The van der Waals surface area contributed by atoms with Crippen molar-refractivity contribution in [1.29, 1.82) is 0 Å². The second kappa shape index (κ2) is 12.1. The Morgan fingerprint density at radius 2 is 1.93 bits per heavy atom. The summed E-state index contributed by atoms with van der Waals surface area (Å²) in [7, 11) is 3.79.